The zero-order valence-corrected chi connectivity index (χ0v) is 20.7. The van der Waals surface area contributed by atoms with Crippen LogP contribution < -0.4 is 23.8 Å². The van der Waals surface area contributed by atoms with Crippen LogP contribution in [0.3, 0.4) is 0 Å². The summed E-state index contributed by atoms with van der Waals surface area (Å²) >= 11 is 1.20. The van der Waals surface area contributed by atoms with Gasteiger partial charge in [-0.25, -0.2) is 4.98 Å². The topological polar surface area (TPSA) is 126 Å². The van der Waals surface area contributed by atoms with Crippen LogP contribution in [0.2, 0.25) is 0 Å². The average Bonchev–Trinajstić information content (AvgIpc) is 3.35. The van der Waals surface area contributed by atoms with Gasteiger partial charge < -0.3 is 18.9 Å². The van der Waals surface area contributed by atoms with Crippen molar-refractivity contribution in [2.45, 2.75) is 6.54 Å². The first-order valence-corrected chi connectivity index (χ1v) is 11.4. The highest BCUT2D eigenvalue weighted by atomic mass is 32.1. The number of thiazole rings is 1. The monoisotopic (exact) mass is 510 g/mol. The van der Waals surface area contributed by atoms with E-state index in [9.17, 15) is 14.9 Å². The van der Waals surface area contributed by atoms with Crippen LogP contribution in [0.15, 0.2) is 48.8 Å². The van der Waals surface area contributed by atoms with Crippen molar-refractivity contribution in [3.8, 4) is 23.0 Å². The van der Waals surface area contributed by atoms with E-state index in [0.717, 1.165) is 0 Å². The lowest BCUT2D eigenvalue weighted by atomic mass is 10.1. The van der Waals surface area contributed by atoms with Gasteiger partial charge in [0.25, 0.3) is 11.6 Å². The van der Waals surface area contributed by atoms with Crippen LogP contribution in [0.25, 0.3) is 10.2 Å². The lowest BCUT2D eigenvalue weighted by molar-refractivity contribution is -0.385. The fraction of sp³-hybridized carbons (Fsp3) is 0.208. The molecule has 186 valence electrons. The van der Waals surface area contributed by atoms with Gasteiger partial charge in [0, 0.05) is 18.5 Å². The molecule has 0 saturated carbocycles. The number of methoxy groups -OCH3 is 4. The Morgan fingerprint density at radius 3 is 2.28 bits per heavy atom. The third-order valence-electron chi connectivity index (χ3n) is 5.37. The van der Waals surface area contributed by atoms with Gasteiger partial charge in [0.1, 0.15) is 27.3 Å². The highest BCUT2D eigenvalue weighted by Gasteiger charge is 2.31. The first-order chi connectivity index (χ1) is 17.4. The van der Waals surface area contributed by atoms with Gasteiger partial charge in [-0.1, -0.05) is 17.4 Å². The molecule has 11 nitrogen and oxygen atoms in total. The summed E-state index contributed by atoms with van der Waals surface area (Å²) in [6.07, 6.45) is 3.22. The molecule has 2 heterocycles. The van der Waals surface area contributed by atoms with Crippen LogP contribution in [-0.4, -0.2) is 49.2 Å². The SMILES string of the molecule is COc1cc(C(=O)N(Cc2cccnc2)c2nc3c(OC)ccc(OC)c3s2)c([N+](=O)[O-])cc1OC. The van der Waals surface area contributed by atoms with Crippen LogP contribution in [0, 0.1) is 10.1 Å². The molecule has 2 aromatic heterocycles. The molecule has 0 aliphatic heterocycles. The van der Waals surface area contributed by atoms with Crippen molar-refractivity contribution in [1.29, 1.82) is 0 Å². The number of nitrogens with zero attached hydrogens (tertiary/aromatic N) is 4. The van der Waals surface area contributed by atoms with Crippen molar-refractivity contribution in [3.05, 3.63) is 70.0 Å². The Bertz CT molecular complexity index is 1380. The van der Waals surface area contributed by atoms with Gasteiger partial charge in [0.15, 0.2) is 16.6 Å². The van der Waals surface area contributed by atoms with Gasteiger partial charge >= 0.3 is 0 Å². The van der Waals surface area contributed by atoms with Gasteiger partial charge in [-0.15, -0.1) is 0 Å². The molecule has 0 spiro atoms. The molecule has 0 unspecified atom stereocenters. The number of benzene rings is 2. The van der Waals surface area contributed by atoms with Crippen molar-refractivity contribution in [1.82, 2.24) is 9.97 Å². The molecule has 0 fully saturated rings. The highest BCUT2D eigenvalue weighted by Crippen LogP contribution is 2.42. The zero-order chi connectivity index (χ0) is 25.8. The van der Waals surface area contributed by atoms with Crippen molar-refractivity contribution in [2.75, 3.05) is 33.3 Å². The average molecular weight is 511 g/mol. The summed E-state index contributed by atoms with van der Waals surface area (Å²) in [7, 11) is 5.80. The number of pyridine rings is 1. The summed E-state index contributed by atoms with van der Waals surface area (Å²) < 4.78 is 22.1. The molecule has 0 aliphatic carbocycles. The van der Waals surface area contributed by atoms with Gasteiger partial charge in [0.05, 0.1) is 46.0 Å². The summed E-state index contributed by atoms with van der Waals surface area (Å²) in [6, 6.07) is 9.46. The minimum Gasteiger partial charge on any atom is -0.495 e. The molecule has 4 rings (SSSR count). The molecule has 0 N–H and O–H groups in total. The number of hydrogen-bond donors (Lipinski definition) is 0. The van der Waals surface area contributed by atoms with E-state index in [-0.39, 0.29) is 23.6 Å². The Morgan fingerprint density at radius 2 is 1.67 bits per heavy atom. The minimum atomic E-state index is -0.650. The molecular weight excluding hydrogens is 488 g/mol. The van der Waals surface area contributed by atoms with Gasteiger partial charge in [0.2, 0.25) is 0 Å². The minimum absolute atomic E-state index is 0.0582. The Labute approximate surface area is 210 Å². The van der Waals surface area contributed by atoms with Crippen LogP contribution in [0.5, 0.6) is 23.0 Å². The first-order valence-electron chi connectivity index (χ1n) is 10.5. The predicted octanol–water partition coefficient (Wildman–Crippen LogP) is 4.48. The summed E-state index contributed by atoms with van der Waals surface area (Å²) in [6.45, 7) is 0.0582. The van der Waals surface area contributed by atoms with E-state index in [1.165, 1.54) is 56.8 Å². The maximum atomic E-state index is 13.9. The van der Waals surface area contributed by atoms with Crippen LogP contribution >= 0.6 is 11.3 Å². The molecule has 0 saturated heterocycles. The molecule has 0 bridgehead atoms. The Kier molecular flexibility index (Phi) is 7.15. The smallest absolute Gasteiger partial charge is 0.286 e. The molecule has 2 aromatic carbocycles. The number of ether oxygens (including phenoxy) is 4. The lowest BCUT2D eigenvalue weighted by Gasteiger charge is -2.20. The normalized spacial score (nSPS) is 10.7. The lowest BCUT2D eigenvalue weighted by Crippen LogP contribution is -2.31. The largest absolute Gasteiger partial charge is 0.495 e. The summed E-state index contributed by atoms with van der Waals surface area (Å²) in [5, 5.41) is 12.2. The molecule has 4 aromatic rings. The molecule has 0 atom stereocenters. The van der Waals surface area contributed by atoms with Gasteiger partial charge in [-0.2, -0.15) is 0 Å². The van der Waals surface area contributed by atoms with E-state index < -0.39 is 16.5 Å². The number of nitro groups is 1. The van der Waals surface area contributed by atoms with Crippen LogP contribution in [0.4, 0.5) is 10.8 Å². The highest BCUT2D eigenvalue weighted by molar-refractivity contribution is 7.22. The fourth-order valence-corrected chi connectivity index (χ4v) is 4.70. The van der Waals surface area contributed by atoms with Gasteiger partial charge in [-0.3, -0.25) is 24.8 Å². The Morgan fingerprint density at radius 1 is 1.00 bits per heavy atom. The predicted molar refractivity (Wildman–Crippen MR) is 134 cm³/mol. The number of hydrogen-bond acceptors (Lipinski definition) is 10. The third-order valence-corrected chi connectivity index (χ3v) is 6.46. The number of aromatic nitrogens is 2. The Balaban J connectivity index is 1.91. The first kappa shape index (κ1) is 24.7. The number of carbonyl (C=O) groups excluding carboxylic acids is 1. The van der Waals surface area contributed by atoms with Crippen molar-refractivity contribution in [2.24, 2.45) is 0 Å². The number of carbonyl (C=O) groups is 1. The van der Waals surface area contributed by atoms with Crippen molar-refractivity contribution < 1.29 is 28.7 Å². The maximum absolute atomic E-state index is 13.9. The number of fused-ring (bicyclic) bond motifs is 1. The molecule has 0 radical (unpaired) electrons. The number of nitro benzene ring substituents is 1. The molecule has 0 aliphatic rings. The molecule has 36 heavy (non-hydrogen) atoms. The zero-order valence-electron chi connectivity index (χ0n) is 19.9. The van der Waals surface area contributed by atoms with Gasteiger partial charge in [-0.05, 0) is 23.8 Å². The summed E-state index contributed by atoms with van der Waals surface area (Å²) in [5.74, 6) is 0.720. The van der Waals surface area contributed by atoms with E-state index in [2.05, 4.69) is 9.97 Å². The van der Waals surface area contributed by atoms with E-state index in [0.29, 0.717) is 32.4 Å². The second-order valence-electron chi connectivity index (χ2n) is 7.38. The molecular formula is C24H22N4O7S. The van der Waals surface area contributed by atoms with Crippen molar-refractivity contribution >= 4 is 38.3 Å². The second kappa shape index (κ2) is 10.4. The van der Waals surface area contributed by atoms with E-state index in [4.69, 9.17) is 18.9 Å². The Hall–Kier alpha value is -4.45. The standard InChI is InChI=1S/C24H22N4O7S/c1-32-17-7-8-18(33-2)22-21(17)26-24(36-22)27(13-14-6-5-9-25-12-14)23(29)15-10-19(34-3)20(35-4)11-16(15)28(30)31/h5-12H,13H2,1-4H3. The number of rotatable bonds is 9. The van der Waals surface area contributed by atoms with E-state index in [1.54, 1.807) is 36.7 Å². The summed E-state index contributed by atoms with van der Waals surface area (Å²) in [4.78, 5) is 35.3. The molecule has 1 amide bonds. The van der Waals surface area contributed by atoms with Crippen LogP contribution in [0.1, 0.15) is 15.9 Å². The van der Waals surface area contributed by atoms with E-state index in [1.807, 2.05) is 0 Å². The van der Waals surface area contributed by atoms with E-state index >= 15 is 0 Å². The molecule has 12 heteroatoms. The number of amides is 1. The third kappa shape index (κ3) is 4.58. The quantitative estimate of drug-likeness (QED) is 0.237. The number of anilines is 1. The maximum Gasteiger partial charge on any atom is 0.286 e. The summed E-state index contributed by atoms with van der Waals surface area (Å²) in [5.41, 5.74) is 0.597. The fourth-order valence-electron chi connectivity index (χ4n) is 3.63. The second-order valence-corrected chi connectivity index (χ2v) is 8.36. The van der Waals surface area contributed by atoms with Crippen LogP contribution in [-0.2, 0) is 6.54 Å². The van der Waals surface area contributed by atoms with Crippen molar-refractivity contribution in [3.63, 3.8) is 0 Å².